The molecule has 174 valence electrons. The molecule has 1 aliphatic rings. The third-order valence-corrected chi connectivity index (χ3v) is 5.67. The van der Waals surface area contributed by atoms with Crippen LogP contribution in [0.3, 0.4) is 0 Å². The molecule has 1 saturated heterocycles. The number of methoxy groups -OCH3 is 3. The van der Waals surface area contributed by atoms with Crippen molar-refractivity contribution in [2.75, 3.05) is 41.1 Å². The van der Waals surface area contributed by atoms with Crippen LogP contribution in [0.15, 0.2) is 30.3 Å². The zero-order chi connectivity index (χ0) is 23.1. The molecule has 0 radical (unpaired) electrons. The summed E-state index contributed by atoms with van der Waals surface area (Å²) in [5.41, 5.74) is 0.829. The Balaban J connectivity index is 1.78. The summed E-state index contributed by atoms with van der Waals surface area (Å²) in [6.07, 6.45) is 1.87. The predicted molar refractivity (Wildman–Crippen MR) is 122 cm³/mol. The molecule has 32 heavy (non-hydrogen) atoms. The zero-order valence-electron chi connectivity index (χ0n) is 18.4. The van der Waals surface area contributed by atoms with Crippen molar-refractivity contribution in [3.8, 4) is 23.0 Å². The van der Waals surface area contributed by atoms with E-state index in [1.807, 2.05) is 12.1 Å². The number of hydrogen-bond acceptors (Lipinski definition) is 6. The van der Waals surface area contributed by atoms with Gasteiger partial charge in [-0.1, -0.05) is 23.2 Å². The molecule has 2 aromatic rings. The minimum atomic E-state index is -0.194. The maximum atomic E-state index is 13.1. The molecular formula is C23H27Cl2NO6. The molecule has 0 spiro atoms. The molecule has 1 amide bonds. The summed E-state index contributed by atoms with van der Waals surface area (Å²) in [6, 6.07) is 8.53. The van der Waals surface area contributed by atoms with Gasteiger partial charge in [0.2, 0.25) is 5.75 Å². The summed E-state index contributed by atoms with van der Waals surface area (Å²) < 4.78 is 27.7. The third-order valence-electron chi connectivity index (χ3n) is 5.14. The van der Waals surface area contributed by atoms with E-state index >= 15 is 0 Å². The van der Waals surface area contributed by atoms with E-state index in [0.29, 0.717) is 52.7 Å². The Bertz CT molecular complexity index is 908. The standard InChI is InChI=1S/C23H27Cl2NO6/c1-28-20-9-15(10-21(29-2)23(20)30-3)12-26(13-17-5-4-8-31-17)22(27)14-32-19-7-6-16(24)11-18(19)25/h6-7,9-11,17H,4-5,8,12-14H2,1-3H3/t17-/m1/s1. The summed E-state index contributed by atoms with van der Waals surface area (Å²) in [5, 5.41) is 0.844. The average molecular weight is 484 g/mol. The normalized spacial score (nSPS) is 15.3. The van der Waals surface area contributed by atoms with Crippen LogP contribution in [-0.4, -0.2) is 58.0 Å². The van der Waals surface area contributed by atoms with Crippen molar-refractivity contribution in [1.29, 1.82) is 0 Å². The topological polar surface area (TPSA) is 66.5 Å². The number of rotatable bonds is 10. The first-order valence-corrected chi connectivity index (χ1v) is 11.0. The molecule has 0 saturated carbocycles. The minimum absolute atomic E-state index is 0.0138. The third kappa shape index (κ3) is 6.12. The summed E-state index contributed by atoms with van der Waals surface area (Å²) >= 11 is 12.1. The molecule has 2 aromatic carbocycles. The molecule has 1 fully saturated rings. The number of halogens is 2. The average Bonchev–Trinajstić information content (AvgIpc) is 3.30. The van der Waals surface area contributed by atoms with Crippen molar-refractivity contribution in [1.82, 2.24) is 4.90 Å². The van der Waals surface area contributed by atoms with Crippen molar-refractivity contribution in [3.05, 3.63) is 45.9 Å². The Morgan fingerprint density at radius 1 is 1.06 bits per heavy atom. The Kier molecular flexibility index (Phi) is 8.73. The fourth-order valence-corrected chi connectivity index (χ4v) is 4.02. The second kappa shape index (κ2) is 11.5. The first-order chi connectivity index (χ1) is 15.4. The number of carbonyl (C=O) groups excluding carboxylic acids is 1. The van der Waals surface area contributed by atoms with Gasteiger partial charge < -0.3 is 28.6 Å². The van der Waals surface area contributed by atoms with Crippen molar-refractivity contribution < 1.29 is 28.5 Å². The van der Waals surface area contributed by atoms with Crippen molar-refractivity contribution in [2.24, 2.45) is 0 Å². The first kappa shape index (κ1) is 24.3. The molecule has 1 atom stereocenters. The van der Waals surface area contributed by atoms with Gasteiger partial charge in [-0.25, -0.2) is 0 Å². The highest BCUT2D eigenvalue weighted by molar-refractivity contribution is 6.35. The van der Waals surface area contributed by atoms with E-state index in [0.717, 1.165) is 18.4 Å². The van der Waals surface area contributed by atoms with Crippen LogP contribution in [0.25, 0.3) is 0 Å². The molecule has 0 aliphatic carbocycles. The van der Waals surface area contributed by atoms with Crippen LogP contribution in [0, 0.1) is 0 Å². The lowest BCUT2D eigenvalue weighted by Crippen LogP contribution is -2.39. The van der Waals surface area contributed by atoms with Crippen LogP contribution in [0.5, 0.6) is 23.0 Å². The van der Waals surface area contributed by atoms with E-state index in [4.69, 9.17) is 46.9 Å². The number of nitrogens with zero attached hydrogens (tertiary/aromatic N) is 1. The molecule has 0 N–H and O–H groups in total. The van der Waals surface area contributed by atoms with Crippen LogP contribution in [0.1, 0.15) is 18.4 Å². The number of benzene rings is 2. The van der Waals surface area contributed by atoms with Crippen LogP contribution < -0.4 is 18.9 Å². The van der Waals surface area contributed by atoms with Gasteiger partial charge in [-0.3, -0.25) is 4.79 Å². The van der Waals surface area contributed by atoms with Gasteiger partial charge in [0.15, 0.2) is 18.1 Å². The zero-order valence-corrected chi connectivity index (χ0v) is 19.9. The van der Waals surface area contributed by atoms with Crippen LogP contribution in [0.2, 0.25) is 10.0 Å². The lowest BCUT2D eigenvalue weighted by atomic mass is 10.1. The Morgan fingerprint density at radius 3 is 2.34 bits per heavy atom. The molecule has 1 aliphatic heterocycles. The van der Waals surface area contributed by atoms with Gasteiger partial charge in [-0.15, -0.1) is 0 Å². The number of amides is 1. The monoisotopic (exact) mass is 483 g/mol. The van der Waals surface area contributed by atoms with Gasteiger partial charge in [0.05, 0.1) is 32.5 Å². The summed E-state index contributed by atoms with van der Waals surface area (Å²) in [4.78, 5) is 14.8. The van der Waals surface area contributed by atoms with E-state index in [2.05, 4.69) is 0 Å². The molecule has 0 aromatic heterocycles. The molecule has 7 nitrogen and oxygen atoms in total. The number of ether oxygens (including phenoxy) is 5. The van der Waals surface area contributed by atoms with Gasteiger partial charge in [0.1, 0.15) is 5.75 Å². The lowest BCUT2D eigenvalue weighted by molar-refractivity contribution is -0.135. The Hall–Kier alpha value is -2.35. The molecule has 0 bridgehead atoms. The second-order valence-corrected chi connectivity index (χ2v) is 8.15. The summed E-state index contributed by atoms with van der Waals surface area (Å²) in [5.74, 6) is 1.75. The SMILES string of the molecule is COc1cc(CN(C[C@H]2CCCO2)C(=O)COc2ccc(Cl)cc2Cl)cc(OC)c1OC. The van der Waals surface area contributed by atoms with E-state index in [9.17, 15) is 4.79 Å². The molecule has 3 rings (SSSR count). The van der Waals surface area contributed by atoms with E-state index in [-0.39, 0.29) is 18.6 Å². The maximum Gasteiger partial charge on any atom is 0.260 e. The van der Waals surface area contributed by atoms with Gasteiger partial charge in [-0.05, 0) is 48.7 Å². The highest BCUT2D eigenvalue weighted by atomic mass is 35.5. The molecular weight excluding hydrogens is 457 g/mol. The maximum absolute atomic E-state index is 13.1. The van der Waals surface area contributed by atoms with Gasteiger partial charge in [0.25, 0.3) is 5.91 Å². The van der Waals surface area contributed by atoms with Crippen LogP contribution in [0.4, 0.5) is 0 Å². The molecule has 0 unspecified atom stereocenters. The number of hydrogen-bond donors (Lipinski definition) is 0. The van der Waals surface area contributed by atoms with Crippen molar-refractivity contribution >= 4 is 29.1 Å². The van der Waals surface area contributed by atoms with Crippen molar-refractivity contribution in [3.63, 3.8) is 0 Å². The minimum Gasteiger partial charge on any atom is -0.493 e. The predicted octanol–water partition coefficient (Wildman–Crippen LogP) is 4.61. The largest absolute Gasteiger partial charge is 0.493 e. The van der Waals surface area contributed by atoms with Gasteiger partial charge >= 0.3 is 0 Å². The fraction of sp³-hybridized carbons (Fsp3) is 0.435. The van der Waals surface area contributed by atoms with Crippen molar-refractivity contribution in [2.45, 2.75) is 25.5 Å². The van der Waals surface area contributed by atoms with Crippen LogP contribution >= 0.6 is 23.2 Å². The Labute approximate surface area is 198 Å². The van der Waals surface area contributed by atoms with E-state index in [1.54, 1.807) is 44.4 Å². The summed E-state index contributed by atoms with van der Waals surface area (Å²) in [6.45, 7) is 1.31. The summed E-state index contributed by atoms with van der Waals surface area (Å²) in [7, 11) is 4.66. The van der Waals surface area contributed by atoms with Gasteiger partial charge in [-0.2, -0.15) is 0 Å². The van der Waals surface area contributed by atoms with E-state index < -0.39 is 0 Å². The Morgan fingerprint density at radius 2 is 1.78 bits per heavy atom. The fourth-order valence-electron chi connectivity index (χ4n) is 3.56. The number of carbonyl (C=O) groups is 1. The first-order valence-electron chi connectivity index (χ1n) is 10.2. The quantitative estimate of drug-likeness (QED) is 0.491. The second-order valence-electron chi connectivity index (χ2n) is 7.31. The lowest BCUT2D eigenvalue weighted by Gasteiger charge is -2.26. The molecule has 1 heterocycles. The van der Waals surface area contributed by atoms with E-state index in [1.165, 1.54) is 0 Å². The smallest absolute Gasteiger partial charge is 0.260 e. The molecule has 9 heteroatoms. The highest BCUT2D eigenvalue weighted by Crippen LogP contribution is 2.38. The van der Waals surface area contributed by atoms with Gasteiger partial charge in [0, 0.05) is 24.7 Å². The highest BCUT2D eigenvalue weighted by Gasteiger charge is 2.24. The van der Waals surface area contributed by atoms with Crippen LogP contribution in [-0.2, 0) is 16.1 Å².